The normalized spacial score (nSPS) is 9.44. The van der Waals surface area contributed by atoms with Gasteiger partial charge in [0.25, 0.3) is 0 Å². The Kier molecular flexibility index (Phi) is 2.65. The van der Waals surface area contributed by atoms with E-state index in [0.717, 1.165) is 0 Å². The van der Waals surface area contributed by atoms with Gasteiger partial charge in [0, 0.05) is 5.69 Å². The van der Waals surface area contributed by atoms with Crippen molar-refractivity contribution in [2.24, 2.45) is 0 Å². The molecule has 0 amide bonds. The zero-order chi connectivity index (χ0) is 11.4. The summed E-state index contributed by atoms with van der Waals surface area (Å²) in [6.07, 6.45) is 2.81. The van der Waals surface area contributed by atoms with E-state index >= 15 is 0 Å². The van der Waals surface area contributed by atoms with E-state index in [0.29, 0.717) is 11.4 Å². The molecule has 0 aliphatic carbocycles. The van der Waals surface area contributed by atoms with Gasteiger partial charge in [-0.05, 0) is 24.3 Å². The minimum atomic E-state index is 0.216. The molecule has 0 radical (unpaired) electrons. The molecule has 0 fully saturated rings. The van der Waals surface area contributed by atoms with Crippen molar-refractivity contribution in [1.82, 2.24) is 9.97 Å². The summed E-state index contributed by atoms with van der Waals surface area (Å²) in [5.74, 6) is 0.877. The van der Waals surface area contributed by atoms with Gasteiger partial charge in [-0.1, -0.05) is 0 Å². The number of nitrogens with two attached hydrogens (primary N) is 1. The molecule has 0 saturated carbocycles. The van der Waals surface area contributed by atoms with Crippen LogP contribution in [0.25, 0.3) is 0 Å². The molecular formula is C11H8N4O. The molecule has 0 bridgehead atoms. The minimum absolute atomic E-state index is 0.216. The molecule has 5 nitrogen and oxygen atoms in total. The lowest BCUT2D eigenvalue weighted by Crippen LogP contribution is -1.92. The SMILES string of the molecule is N#Cc1cncc(Oc2ccc(N)cc2)n1. The maximum Gasteiger partial charge on any atom is 0.239 e. The third-order valence-electron chi connectivity index (χ3n) is 1.83. The molecule has 1 heterocycles. The summed E-state index contributed by atoms with van der Waals surface area (Å²) in [7, 11) is 0. The van der Waals surface area contributed by atoms with E-state index in [1.807, 2.05) is 6.07 Å². The van der Waals surface area contributed by atoms with E-state index in [1.165, 1.54) is 12.4 Å². The molecule has 2 rings (SSSR count). The van der Waals surface area contributed by atoms with Crippen LogP contribution < -0.4 is 10.5 Å². The van der Waals surface area contributed by atoms with Crippen LogP contribution in [0.5, 0.6) is 11.6 Å². The number of hydrogen-bond acceptors (Lipinski definition) is 5. The zero-order valence-electron chi connectivity index (χ0n) is 8.29. The molecule has 16 heavy (non-hydrogen) atoms. The highest BCUT2D eigenvalue weighted by Gasteiger charge is 2.00. The maximum absolute atomic E-state index is 8.64. The van der Waals surface area contributed by atoms with Gasteiger partial charge in [0.15, 0.2) is 5.69 Å². The van der Waals surface area contributed by atoms with Crippen molar-refractivity contribution in [3.63, 3.8) is 0 Å². The molecule has 78 valence electrons. The quantitative estimate of drug-likeness (QED) is 0.766. The van der Waals surface area contributed by atoms with Crippen LogP contribution in [0.3, 0.4) is 0 Å². The number of hydrogen-bond donors (Lipinski definition) is 1. The number of ether oxygens (including phenoxy) is 1. The maximum atomic E-state index is 8.64. The van der Waals surface area contributed by atoms with Crippen molar-refractivity contribution in [2.75, 3.05) is 5.73 Å². The van der Waals surface area contributed by atoms with E-state index in [9.17, 15) is 0 Å². The first-order chi connectivity index (χ1) is 7.78. The monoisotopic (exact) mass is 212 g/mol. The average molecular weight is 212 g/mol. The first-order valence-corrected chi connectivity index (χ1v) is 4.53. The minimum Gasteiger partial charge on any atom is -0.437 e. The fraction of sp³-hybridized carbons (Fsp3) is 0. The third kappa shape index (κ3) is 2.25. The summed E-state index contributed by atoms with van der Waals surface area (Å²) in [6.45, 7) is 0. The van der Waals surface area contributed by atoms with Gasteiger partial charge in [-0.3, -0.25) is 4.98 Å². The Morgan fingerprint density at radius 1 is 1.19 bits per heavy atom. The number of aromatic nitrogens is 2. The van der Waals surface area contributed by atoms with Crippen LogP contribution in [0.4, 0.5) is 5.69 Å². The van der Waals surface area contributed by atoms with E-state index < -0.39 is 0 Å². The fourth-order valence-electron chi connectivity index (χ4n) is 1.11. The van der Waals surface area contributed by atoms with Crippen molar-refractivity contribution in [1.29, 1.82) is 5.26 Å². The van der Waals surface area contributed by atoms with E-state index in [2.05, 4.69) is 9.97 Å². The zero-order valence-corrected chi connectivity index (χ0v) is 8.29. The highest BCUT2D eigenvalue weighted by molar-refractivity contribution is 5.42. The lowest BCUT2D eigenvalue weighted by molar-refractivity contribution is 0.459. The van der Waals surface area contributed by atoms with Gasteiger partial charge in [0.2, 0.25) is 5.88 Å². The predicted octanol–water partition coefficient (Wildman–Crippen LogP) is 1.72. The molecule has 2 aromatic rings. The molecule has 0 unspecified atom stereocenters. The van der Waals surface area contributed by atoms with Gasteiger partial charge < -0.3 is 10.5 Å². The molecule has 0 aliphatic heterocycles. The molecule has 1 aromatic carbocycles. The summed E-state index contributed by atoms with van der Waals surface area (Å²) in [5, 5.41) is 8.64. The first-order valence-electron chi connectivity index (χ1n) is 4.53. The number of benzene rings is 1. The number of anilines is 1. The lowest BCUT2D eigenvalue weighted by atomic mass is 10.3. The number of rotatable bonds is 2. The predicted molar refractivity (Wildman–Crippen MR) is 57.7 cm³/mol. The molecule has 0 saturated heterocycles. The highest BCUT2D eigenvalue weighted by Crippen LogP contribution is 2.19. The Morgan fingerprint density at radius 3 is 2.62 bits per heavy atom. The molecule has 1 aromatic heterocycles. The summed E-state index contributed by atoms with van der Waals surface area (Å²) < 4.78 is 5.40. The topological polar surface area (TPSA) is 84.8 Å². The Labute approximate surface area is 92.1 Å². The lowest BCUT2D eigenvalue weighted by Gasteiger charge is -2.03. The van der Waals surface area contributed by atoms with Gasteiger partial charge in [-0.15, -0.1) is 0 Å². The largest absolute Gasteiger partial charge is 0.437 e. The summed E-state index contributed by atoms with van der Waals surface area (Å²) >= 11 is 0. The first kappa shape index (κ1) is 9.93. The molecule has 2 N–H and O–H groups in total. The standard InChI is InChI=1S/C11H8N4O/c12-5-9-6-14-7-11(15-9)16-10-3-1-8(13)2-4-10/h1-4,6-7H,13H2. The fourth-order valence-corrected chi connectivity index (χ4v) is 1.11. The van der Waals surface area contributed by atoms with Crippen molar-refractivity contribution < 1.29 is 4.74 Å². The Morgan fingerprint density at radius 2 is 1.94 bits per heavy atom. The van der Waals surface area contributed by atoms with Gasteiger partial charge >= 0.3 is 0 Å². The van der Waals surface area contributed by atoms with Gasteiger partial charge in [-0.2, -0.15) is 10.2 Å². The van der Waals surface area contributed by atoms with Crippen LogP contribution in [-0.4, -0.2) is 9.97 Å². The number of nitrogen functional groups attached to an aromatic ring is 1. The van der Waals surface area contributed by atoms with Crippen molar-refractivity contribution in [2.45, 2.75) is 0 Å². The molecular weight excluding hydrogens is 204 g/mol. The van der Waals surface area contributed by atoms with Crippen molar-refractivity contribution in [3.05, 3.63) is 42.4 Å². The molecule has 0 atom stereocenters. The Hall–Kier alpha value is -2.61. The van der Waals surface area contributed by atoms with Crippen LogP contribution in [0.1, 0.15) is 5.69 Å². The number of nitriles is 1. The second-order valence-corrected chi connectivity index (χ2v) is 3.03. The second kappa shape index (κ2) is 4.28. The van der Waals surface area contributed by atoms with Gasteiger partial charge in [-0.25, -0.2) is 0 Å². The Balaban J connectivity index is 2.21. The van der Waals surface area contributed by atoms with Crippen LogP contribution in [-0.2, 0) is 0 Å². The molecule has 0 aliphatic rings. The van der Waals surface area contributed by atoms with E-state index in [4.69, 9.17) is 15.7 Å². The van der Waals surface area contributed by atoms with Crippen LogP contribution >= 0.6 is 0 Å². The molecule has 0 spiro atoms. The van der Waals surface area contributed by atoms with Crippen LogP contribution in [0.2, 0.25) is 0 Å². The number of nitrogens with zero attached hydrogens (tertiary/aromatic N) is 3. The second-order valence-electron chi connectivity index (χ2n) is 3.03. The summed E-state index contributed by atoms with van der Waals surface area (Å²) in [5.41, 5.74) is 6.41. The van der Waals surface area contributed by atoms with Crippen molar-refractivity contribution in [3.8, 4) is 17.7 Å². The van der Waals surface area contributed by atoms with Gasteiger partial charge in [0.1, 0.15) is 11.8 Å². The van der Waals surface area contributed by atoms with E-state index in [1.54, 1.807) is 24.3 Å². The average Bonchev–Trinajstić information content (AvgIpc) is 2.32. The summed E-state index contributed by atoms with van der Waals surface area (Å²) in [6, 6.07) is 8.76. The van der Waals surface area contributed by atoms with Crippen molar-refractivity contribution >= 4 is 5.69 Å². The highest BCUT2D eigenvalue weighted by atomic mass is 16.5. The summed E-state index contributed by atoms with van der Waals surface area (Å²) in [4.78, 5) is 7.77. The van der Waals surface area contributed by atoms with Crippen LogP contribution in [0, 0.1) is 11.3 Å². The van der Waals surface area contributed by atoms with E-state index in [-0.39, 0.29) is 11.6 Å². The van der Waals surface area contributed by atoms with Crippen LogP contribution in [0.15, 0.2) is 36.7 Å². The molecule has 5 heteroatoms. The third-order valence-corrected chi connectivity index (χ3v) is 1.83. The smallest absolute Gasteiger partial charge is 0.239 e. The van der Waals surface area contributed by atoms with Gasteiger partial charge in [0.05, 0.1) is 12.4 Å². The Bertz CT molecular complexity index is 530.